The number of carbonyl (C=O) groups excluding carboxylic acids is 1. The predicted molar refractivity (Wildman–Crippen MR) is 125 cm³/mol. The maximum absolute atomic E-state index is 12.3. The fraction of sp³-hybridized carbons (Fsp3) is 0.321. The Balaban J connectivity index is 1.20. The summed E-state index contributed by atoms with van der Waals surface area (Å²) >= 11 is 0. The van der Waals surface area contributed by atoms with Crippen molar-refractivity contribution in [2.45, 2.75) is 51.0 Å². The molecule has 3 aromatic rings. The number of rotatable bonds is 9. The minimum atomic E-state index is -0.342. The number of benzene rings is 3. The van der Waals surface area contributed by atoms with Gasteiger partial charge in [0.2, 0.25) is 0 Å². The molecule has 1 fully saturated rings. The van der Waals surface area contributed by atoms with Crippen LogP contribution < -0.4 is 9.47 Å². The van der Waals surface area contributed by atoms with E-state index in [9.17, 15) is 4.79 Å². The molecule has 0 N–H and O–H groups in total. The number of hydrogen-bond donors (Lipinski definition) is 0. The maximum atomic E-state index is 12.3. The van der Waals surface area contributed by atoms with Gasteiger partial charge < -0.3 is 14.2 Å². The lowest BCUT2D eigenvalue weighted by Crippen LogP contribution is -2.19. The maximum Gasteiger partial charge on any atom is 0.343 e. The highest BCUT2D eigenvalue weighted by Gasteiger charge is 2.13. The SMILES string of the molecule is O=C(Oc1ccccc1)c1ccc(CCc2ccc(OCOC3CCCCC3)cc2)cc1. The largest absolute Gasteiger partial charge is 0.468 e. The summed E-state index contributed by atoms with van der Waals surface area (Å²) in [4.78, 5) is 12.3. The van der Waals surface area contributed by atoms with Crippen molar-refractivity contribution in [1.82, 2.24) is 0 Å². The first-order valence-electron chi connectivity index (χ1n) is 11.5. The van der Waals surface area contributed by atoms with Crippen LogP contribution >= 0.6 is 0 Å². The zero-order valence-corrected chi connectivity index (χ0v) is 18.4. The Hall–Kier alpha value is -3.11. The highest BCUT2D eigenvalue weighted by atomic mass is 16.7. The van der Waals surface area contributed by atoms with Crippen LogP contribution in [0.5, 0.6) is 11.5 Å². The van der Waals surface area contributed by atoms with Crippen LogP contribution in [0.25, 0.3) is 0 Å². The first-order chi connectivity index (χ1) is 15.8. The van der Waals surface area contributed by atoms with Crippen LogP contribution in [0.2, 0.25) is 0 Å². The average Bonchev–Trinajstić information content (AvgIpc) is 2.85. The number of aryl methyl sites for hydroxylation is 2. The Morgan fingerprint density at radius 2 is 1.34 bits per heavy atom. The molecule has 3 aromatic carbocycles. The molecule has 166 valence electrons. The van der Waals surface area contributed by atoms with Gasteiger partial charge in [0.15, 0.2) is 6.79 Å². The molecule has 0 radical (unpaired) electrons. The highest BCUT2D eigenvalue weighted by Crippen LogP contribution is 2.21. The van der Waals surface area contributed by atoms with Crippen LogP contribution in [-0.2, 0) is 17.6 Å². The van der Waals surface area contributed by atoms with Crippen LogP contribution in [-0.4, -0.2) is 18.9 Å². The van der Waals surface area contributed by atoms with Gasteiger partial charge in [-0.1, -0.05) is 61.7 Å². The Bertz CT molecular complexity index is 959. The molecule has 32 heavy (non-hydrogen) atoms. The van der Waals surface area contributed by atoms with E-state index in [1.54, 1.807) is 12.1 Å². The highest BCUT2D eigenvalue weighted by molar-refractivity contribution is 5.91. The van der Waals surface area contributed by atoms with Crippen LogP contribution in [0, 0.1) is 0 Å². The summed E-state index contributed by atoms with van der Waals surface area (Å²) in [5.41, 5.74) is 2.98. The summed E-state index contributed by atoms with van der Waals surface area (Å²) in [6.45, 7) is 0.322. The molecule has 1 aliphatic rings. The Kier molecular flexibility index (Phi) is 7.94. The van der Waals surface area contributed by atoms with Gasteiger partial charge >= 0.3 is 5.97 Å². The van der Waals surface area contributed by atoms with Gasteiger partial charge in [0, 0.05) is 0 Å². The summed E-state index contributed by atoms with van der Waals surface area (Å²) in [5.74, 6) is 1.05. The third kappa shape index (κ3) is 6.69. The summed E-state index contributed by atoms with van der Waals surface area (Å²) in [5, 5.41) is 0. The van der Waals surface area contributed by atoms with Gasteiger partial charge in [-0.2, -0.15) is 0 Å². The molecule has 1 aliphatic carbocycles. The molecular weight excluding hydrogens is 400 g/mol. The summed E-state index contributed by atoms with van der Waals surface area (Å²) < 4.78 is 16.9. The van der Waals surface area contributed by atoms with Crippen LogP contribution in [0.15, 0.2) is 78.9 Å². The third-order valence-electron chi connectivity index (χ3n) is 5.85. The van der Waals surface area contributed by atoms with E-state index in [1.165, 1.54) is 30.4 Å². The van der Waals surface area contributed by atoms with E-state index >= 15 is 0 Å². The van der Waals surface area contributed by atoms with Crippen LogP contribution in [0.3, 0.4) is 0 Å². The number of esters is 1. The fourth-order valence-electron chi connectivity index (χ4n) is 3.93. The average molecular weight is 431 g/mol. The molecule has 0 spiro atoms. The Morgan fingerprint density at radius 1 is 0.719 bits per heavy atom. The predicted octanol–water partition coefficient (Wildman–Crippen LogP) is 6.38. The molecule has 0 heterocycles. The molecule has 4 rings (SSSR count). The smallest absolute Gasteiger partial charge is 0.343 e. The Labute approximate surface area is 190 Å². The van der Waals surface area contributed by atoms with Gasteiger partial charge in [0.05, 0.1) is 11.7 Å². The van der Waals surface area contributed by atoms with E-state index in [1.807, 2.05) is 54.6 Å². The topological polar surface area (TPSA) is 44.8 Å². The van der Waals surface area contributed by atoms with Gasteiger partial charge in [0.25, 0.3) is 0 Å². The summed E-state index contributed by atoms with van der Waals surface area (Å²) in [7, 11) is 0. The Morgan fingerprint density at radius 3 is 2.00 bits per heavy atom. The number of ether oxygens (including phenoxy) is 3. The second-order valence-corrected chi connectivity index (χ2v) is 8.23. The molecule has 1 saturated carbocycles. The van der Waals surface area contributed by atoms with E-state index in [4.69, 9.17) is 14.2 Å². The van der Waals surface area contributed by atoms with Crippen LogP contribution in [0.1, 0.15) is 53.6 Å². The van der Waals surface area contributed by atoms with E-state index < -0.39 is 0 Å². The quantitative estimate of drug-likeness (QED) is 0.225. The number of para-hydroxylation sites is 1. The van der Waals surface area contributed by atoms with E-state index in [0.29, 0.717) is 24.2 Å². The molecule has 0 unspecified atom stereocenters. The van der Waals surface area contributed by atoms with Crippen molar-refractivity contribution in [3.05, 3.63) is 95.6 Å². The van der Waals surface area contributed by atoms with Gasteiger partial charge in [-0.3, -0.25) is 0 Å². The molecule has 0 aromatic heterocycles. The summed E-state index contributed by atoms with van der Waals surface area (Å²) in [6.07, 6.45) is 8.34. The first-order valence-corrected chi connectivity index (χ1v) is 11.5. The first kappa shape index (κ1) is 22.1. The van der Waals surface area contributed by atoms with E-state index in [-0.39, 0.29) is 5.97 Å². The number of carbonyl (C=O) groups is 1. The fourth-order valence-corrected chi connectivity index (χ4v) is 3.93. The van der Waals surface area contributed by atoms with Crippen molar-refractivity contribution in [3.8, 4) is 11.5 Å². The van der Waals surface area contributed by atoms with Gasteiger partial charge in [-0.15, -0.1) is 0 Å². The minimum absolute atomic E-state index is 0.322. The van der Waals surface area contributed by atoms with Crippen molar-refractivity contribution >= 4 is 5.97 Å². The van der Waals surface area contributed by atoms with Gasteiger partial charge in [0.1, 0.15) is 11.5 Å². The molecule has 0 amide bonds. The molecule has 0 aliphatic heterocycles. The molecule has 4 nitrogen and oxygen atoms in total. The van der Waals surface area contributed by atoms with Crippen LogP contribution in [0.4, 0.5) is 0 Å². The van der Waals surface area contributed by atoms with E-state index in [0.717, 1.165) is 31.4 Å². The van der Waals surface area contributed by atoms with Crippen molar-refractivity contribution in [2.75, 3.05) is 6.79 Å². The zero-order chi connectivity index (χ0) is 22.0. The lowest BCUT2D eigenvalue weighted by atomic mass is 9.98. The standard InChI is InChI=1S/C28H30O4/c29-28(32-27-9-5-2-6-10-27)24-17-13-22(14-18-24)11-12-23-15-19-26(20-16-23)31-21-30-25-7-3-1-4-8-25/h2,5-6,9-10,13-20,25H,1,3-4,7-8,11-12,21H2. The van der Waals surface area contributed by atoms with Crippen molar-refractivity contribution in [2.24, 2.45) is 0 Å². The molecule has 0 bridgehead atoms. The van der Waals surface area contributed by atoms with Crippen molar-refractivity contribution in [3.63, 3.8) is 0 Å². The van der Waals surface area contributed by atoms with Gasteiger partial charge in [-0.05, 0) is 73.2 Å². The second-order valence-electron chi connectivity index (χ2n) is 8.23. The van der Waals surface area contributed by atoms with Gasteiger partial charge in [-0.25, -0.2) is 4.79 Å². The molecule has 0 saturated heterocycles. The monoisotopic (exact) mass is 430 g/mol. The summed E-state index contributed by atoms with van der Waals surface area (Å²) in [6, 6.07) is 24.9. The zero-order valence-electron chi connectivity index (χ0n) is 18.4. The molecule has 4 heteroatoms. The third-order valence-corrected chi connectivity index (χ3v) is 5.85. The lowest BCUT2D eigenvalue weighted by molar-refractivity contribution is -0.0497. The van der Waals surface area contributed by atoms with E-state index in [2.05, 4.69) is 12.1 Å². The van der Waals surface area contributed by atoms with Crippen molar-refractivity contribution < 1.29 is 19.0 Å². The lowest BCUT2D eigenvalue weighted by Gasteiger charge is -2.21. The number of hydrogen-bond acceptors (Lipinski definition) is 4. The molecular formula is C28H30O4. The second kappa shape index (κ2) is 11.5. The van der Waals surface area contributed by atoms with Crippen molar-refractivity contribution in [1.29, 1.82) is 0 Å². The minimum Gasteiger partial charge on any atom is -0.468 e. The normalized spacial score (nSPS) is 14.1. The molecule has 0 atom stereocenters.